The van der Waals surface area contributed by atoms with Crippen LogP contribution in [0.2, 0.25) is 0 Å². The fourth-order valence-electron chi connectivity index (χ4n) is 2.04. The maximum absolute atomic E-state index is 12.2. The number of sulfonamides is 1. The molecule has 106 valence electrons. The van der Waals surface area contributed by atoms with Crippen LogP contribution in [0.5, 0.6) is 0 Å². The van der Waals surface area contributed by atoms with Gasteiger partial charge in [0.05, 0.1) is 4.90 Å². The van der Waals surface area contributed by atoms with Crippen LogP contribution in [-0.4, -0.2) is 21.0 Å². The molecule has 2 N–H and O–H groups in total. The Hall–Kier alpha value is -0.430. The molecule has 2 saturated carbocycles. The van der Waals surface area contributed by atoms with Crippen LogP contribution in [0, 0.1) is 12.8 Å². The molecule has 2 fully saturated rings. The normalized spacial score (nSPS) is 19.8. The summed E-state index contributed by atoms with van der Waals surface area (Å²) in [5, 5.41) is 3.42. The molecule has 0 aromatic carbocycles. The van der Waals surface area contributed by atoms with E-state index in [1.165, 1.54) is 12.8 Å². The molecule has 1 aromatic rings. The molecule has 0 unspecified atom stereocenters. The molecule has 0 amide bonds. The van der Waals surface area contributed by atoms with E-state index < -0.39 is 10.0 Å². The van der Waals surface area contributed by atoms with Crippen LogP contribution in [0.25, 0.3) is 0 Å². The largest absolute Gasteiger partial charge is 0.309 e. The van der Waals surface area contributed by atoms with E-state index in [0.29, 0.717) is 23.4 Å². The van der Waals surface area contributed by atoms with Crippen molar-refractivity contribution < 1.29 is 8.42 Å². The van der Waals surface area contributed by atoms with Crippen LogP contribution in [0.15, 0.2) is 11.0 Å². The molecule has 19 heavy (non-hydrogen) atoms. The molecule has 1 heterocycles. The Kier molecular flexibility index (Phi) is 3.68. The Morgan fingerprint density at radius 2 is 2.05 bits per heavy atom. The van der Waals surface area contributed by atoms with E-state index in [9.17, 15) is 8.42 Å². The lowest BCUT2D eigenvalue weighted by atomic mass is 10.4. The second-order valence-electron chi connectivity index (χ2n) is 5.58. The van der Waals surface area contributed by atoms with Gasteiger partial charge in [-0.2, -0.15) is 0 Å². The van der Waals surface area contributed by atoms with E-state index in [4.69, 9.17) is 0 Å². The van der Waals surface area contributed by atoms with Gasteiger partial charge in [0.1, 0.15) is 0 Å². The van der Waals surface area contributed by atoms with Crippen molar-refractivity contribution >= 4 is 21.4 Å². The highest BCUT2D eigenvalue weighted by Gasteiger charge is 2.26. The Morgan fingerprint density at radius 1 is 1.32 bits per heavy atom. The number of hydrogen-bond donors (Lipinski definition) is 2. The van der Waals surface area contributed by atoms with Gasteiger partial charge in [0, 0.05) is 28.9 Å². The third kappa shape index (κ3) is 3.56. The molecule has 6 heteroatoms. The zero-order valence-electron chi connectivity index (χ0n) is 11.1. The van der Waals surface area contributed by atoms with Crippen molar-refractivity contribution in [2.75, 3.05) is 6.54 Å². The molecule has 4 nitrogen and oxygen atoms in total. The summed E-state index contributed by atoms with van der Waals surface area (Å²) >= 11 is 1.58. The van der Waals surface area contributed by atoms with Gasteiger partial charge in [-0.25, -0.2) is 13.1 Å². The van der Waals surface area contributed by atoms with E-state index in [2.05, 4.69) is 10.0 Å². The molecule has 0 spiro atoms. The standard InChI is InChI=1S/C13H20N2O2S2/c1-9-13(19(16,17)15-7-10-2-3-10)6-12(18-9)8-14-11-4-5-11/h6,10-11,14-15H,2-5,7-8H2,1H3. The van der Waals surface area contributed by atoms with E-state index in [0.717, 1.165) is 29.1 Å². The predicted molar refractivity (Wildman–Crippen MR) is 76.8 cm³/mol. The summed E-state index contributed by atoms with van der Waals surface area (Å²) < 4.78 is 27.2. The number of hydrogen-bond acceptors (Lipinski definition) is 4. The third-order valence-corrected chi connectivity index (χ3v) is 6.34. The van der Waals surface area contributed by atoms with Crippen molar-refractivity contribution in [1.82, 2.24) is 10.0 Å². The first-order valence-electron chi connectivity index (χ1n) is 6.87. The van der Waals surface area contributed by atoms with Gasteiger partial charge in [0.25, 0.3) is 0 Å². The first kappa shape index (κ1) is 13.5. The SMILES string of the molecule is Cc1sc(CNC2CC2)cc1S(=O)(=O)NCC1CC1. The van der Waals surface area contributed by atoms with Crippen molar-refractivity contribution in [3.05, 3.63) is 15.8 Å². The van der Waals surface area contributed by atoms with Gasteiger partial charge in [-0.15, -0.1) is 11.3 Å². The molecule has 3 rings (SSSR count). The lowest BCUT2D eigenvalue weighted by molar-refractivity contribution is 0.577. The predicted octanol–water partition coefficient (Wildman–Crippen LogP) is 2.00. The monoisotopic (exact) mass is 300 g/mol. The number of aryl methyl sites for hydroxylation is 1. The van der Waals surface area contributed by atoms with Crippen LogP contribution in [0.3, 0.4) is 0 Å². The van der Waals surface area contributed by atoms with Crippen LogP contribution >= 0.6 is 11.3 Å². The molecule has 0 radical (unpaired) electrons. The Bertz CT molecular complexity index is 557. The van der Waals surface area contributed by atoms with Crippen LogP contribution in [0.4, 0.5) is 0 Å². The molecule has 1 aromatic heterocycles. The van der Waals surface area contributed by atoms with Crippen LogP contribution < -0.4 is 10.0 Å². The maximum atomic E-state index is 12.2. The summed E-state index contributed by atoms with van der Waals surface area (Å²) in [5.41, 5.74) is 0. The second-order valence-corrected chi connectivity index (χ2v) is 8.66. The molecule has 0 bridgehead atoms. The number of thiophene rings is 1. The molecule has 0 atom stereocenters. The topological polar surface area (TPSA) is 58.2 Å². The average molecular weight is 300 g/mol. The Morgan fingerprint density at radius 3 is 2.68 bits per heavy atom. The van der Waals surface area contributed by atoms with Gasteiger partial charge in [-0.1, -0.05) is 0 Å². The van der Waals surface area contributed by atoms with Gasteiger partial charge in [-0.3, -0.25) is 0 Å². The highest BCUT2D eigenvalue weighted by Crippen LogP contribution is 2.30. The first-order chi connectivity index (χ1) is 9.04. The van der Waals surface area contributed by atoms with Crippen molar-refractivity contribution in [2.45, 2.75) is 50.1 Å². The second kappa shape index (κ2) is 5.16. The summed E-state index contributed by atoms with van der Waals surface area (Å²) in [6.45, 7) is 3.26. The minimum absolute atomic E-state index is 0.464. The molecular weight excluding hydrogens is 280 g/mol. The summed E-state index contributed by atoms with van der Waals surface area (Å²) in [4.78, 5) is 2.46. The molecule has 2 aliphatic carbocycles. The summed E-state index contributed by atoms with van der Waals surface area (Å²) in [7, 11) is -3.32. The minimum atomic E-state index is -3.32. The fraction of sp³-hybridized carbons (Fsp3) is 0.692. The molecular formula is C13H20N2O2S2. The smallest absolute Gasteiger partial charge is 0.241 e. The maximum Gasteiger partial charge on any atom is 0.241 e. The van der Waals surface area contributed by atoms with Crippen molar-refractivity contribution in [3.63, 3.8) is 0 Å². The van der Waals surface area contributed by atoms with E-state index >= 15 is 0 Å². The fourth-order valence-corrected chi connectivity index (χ4v) is 4.74. The van der Waals surface area contributed by atoms with E-state index in [1.54, 1.807) is 11.3 Å². The summed E-state index contributed by atoms with van der Waals surface area (Å²) in [6, 6.07) is 2.47. The third-order valence-electron chi connectivity index (χ3n) is 3.61. The lowest BCUT2D eigenvalue weighted by Crippen LogP contribution is -2.26. The van der Waals surface area contributed by atoms with Crippen molar-refractivity contribution in [3.8, 4) is 0 Å². The number of rotatable bonds is 7. The molecule has 2 aliphatic rings. The van der Waals surface area contributed by atoms with Gasteiger partial charge in [0.2, 0.25) is 10.0 Å². The zero-order valence-corrected chi connectivity index (χ0v) is 12.7. The van der Waals surface area contributed by atoms with Crippen LogP contribution in [-0.2, 0) is 16.6 Å². The zero-order chi connectivity index (χ0) is 13.5. The van der Waals surface area contributed by atoms with Gasteiger partial charge < -0.3 is 5.32 Å². The quantitative estimate of drug-likeness (QED) is 0.810. The molecule has 0 saturated heterocycles. The first-order valence-corrected chi connectivity index (χ1v) is 9.17. The molecule has 0 aliphatic heterocycles. The van der Waals surface area contributed by atoms with E-state index in [1.807, 2.05) is 13.0 Å². The van der Waals surface area contributed by atoms with Crippen molar-refractivity contribution in [1.29, 1.82) is 0 Å². The average Bonchev–Trinajstić information content (AvgIpc) is 3.24. The Labute approximate surface area is 118 Å². The minimum Gasteiger partial charge on any atom is -0.309 e. The van der Waals surface area contributed by atoms with Gasteiger partial charge in [0.15, 0.2) is 0 Å². The summed E-state index contributed by atoms with van der Waals surface area (Å²) in [5.74, 6) is 0.560. The van der Waals surface area contributed by atoms with Gasteiger partial charge in [-0.05, 0) is 44.6 Å². The number of nitrogens with one attached hydrogen (secondary N) is 2. The van der Waals surface area contributed by atoms with Crippen molar-refractivity contribution in [2.24, 2.45) is 5.92 Å². The Balaban J connectivity index is 1.67. The van der Waals surface area contributed by atoms with E-state index in [-0.39, 0.29) is 0 Å². The van der Waals surface area contributed by atoms with Crippen LogP contribution in [0.1, 0.15) is 35.4 Å². The highest BCUT2D eigenvalue weighted by molar-refractivity contribution is 7.89. The summed E-state index contributed by atoms with van der Waals surface area (Å²) in [6.07, 6.45) is 4.81. The highest BCUT2D eigenvalue weighted by atomic mass is 32.2. The van der Waals surface area contributed by atoms with Gasteiger partial charge >= 0.3 is 0 Å². The lowest BCUT2D eigenvalue weighted by Gasteiger charge is -2.04.